The average molecular weight is 294 g/mol. The highest BCUT2D eigenvalue weighted by molar-refractivity contribution is 7.15. The first-order chi connectivity index (χ1) is 9.81. The first-order valence-electron chi connectivity index (χ1n) is 7.62. The van der Waals surface area contributed by atoms with E-state index in [9.17, 15) is 5.21 Å². The molecule has 5 nitrogen and oxygen atoms in total. The highest BCUT2D eigenvalue weighted by atomic mass is 32.1. The van der Waals surface area contributed by atoms with Gasteiger partial charge in [-0.1, -0.05) is 36.3 Å². The summed E-state index contributed by atoms with van der Waals surface area (Å²) < 4.78 is 0. The van der Waals surface area contributed by atoms with E-state index in [-0.39, 0.29) is 6.04 Å². The minimum absolute atomic E-state index is 0.162. The van der Waals surface area contributed by atoms with Crippen LogP contribution in [0.3, 0.4) is 0 Å². The van der Waals surface area contributed by atoms with Gasteiger partial charge in [0.15, 0.2) is 0 Å². The molecule has 6 heteroatoms. The lowest BCUT2D eigenvalue weighted by Crippen LogP contribution is -2.35. The Morgan fingerprint density at radius 1 is 1.35 bits per heavy atom. The van der Waals surface area contributed by atoms with Gasteiger partial charge in [0.05, 0.1) is 11.8 Å². The molecule has 2 bridgehead atoms. The van der Waals surface area contributed by atoms with Crippen molar-refractivity contribution in [3.05, 3.63) is 5.01 Å². The van der Waals surface area contributed by atoms with Gasteiger partial charge in [-0.3, -0.25) is 0 Å². The summed E-state index contributed by atoms with van der Waals surface area (Å²) in [4.78, 5) is 0. The summed E-state index contributed by atoms with van der Waals surface area (Å²) in [6, 6.07) is 0.162. The third-order valence-electron chi connectivity index (χ3n) is 4.54. The van der Waals surface area contributed by atoms with Gasteiger partial charge >= 0.3 is 0 Å². The van der Waals surface area contributed by atoms with Crippen LogP contribution in [0.2, 0.25) is 0 Å². The number of aromatic nitrogens is 2. The highest BCUT2D eigenvalue weighted by Crippen LogP contribution is 2.44. The molecule has 0 unspecified atom stereocenters. The normalized spacial score (nSPS) is 30.2. The molecule has 1 heterocycles. The van der Waals surface area contributed by atoms with E-state index in [1.165, 1.54) is 32.1 Å². The summed E-state index contributed by atoms with van der Waals surface area (Å²) in [5.74, 6) is 1.07. The molecule has 2 aliphatic rings. The molecule has 0 amide bonds. The van der Waals surface area contributed by atoms with E-state index in [0.717, 1.165) is 28.7 Å². The van der Waals surface area contributed by atoms with Gasteiger partial charge in [0.25, 0.3) is 0 Å². The molecule has 1 aromatic rings. The number of anilines is 1. The third-order valence-corrected chi connectivity index (χ3v) is 5.45. The van der Waals surface area contributed by atoms with Gasteiger partial charge in [-0.05, 0) is 31.6 Å². The van der Waals surface area contributed by atoms with Gasteiger partial charge in [0.1, 0.15) is 5.01 Å². The minimum Gasteiger partial charge on any atom is -0.411 e. The lowest BCUT2D eigenvalue weighted by atomic mass is 9.93. The molecule has 0 saturated heterocycles. The van der Waals surface area contributed by atoms with Gasteiger partial charge < -0.3 is 10.5 Å². The molecule has 2 saturated carbocycles. The Labute approximate surface area is 123 Å². The van der Waals surface area contributed by atoms with Gasteiger partial charge in [-0.2, -0.15) is 0 Å². The summed E-state index contributed by atoms with van der Waals surface area (Å²) in [7, 11) is 0. The number of hydrogen-bond donors (Lipinski definition) is 2. The first-order valence-corrected chi connectivity index (χ1v) is 8.44. The first kappa shape index (κ1) is 13.8. The summed E-state index contributed by atoms with van der Waals surface area (Å²) in [5, 5.41) is 26.6. The van der Waals surface area contributed by atoms with E-state index >= 15 is 0 Å². The van der Waals surface area contributed by atoms with Crippen LogP contribution in [0.5, 0.6) is 0 Å². The molecule has 20 heavy (non-hydrogen) atoms. The fraction of sp³-hybridized carbons (Fsp3) is 0.786. The average Bonchev–Trinajstić information content (AvgIpc) is 3.15. The van der Waals surface area contributed by atoms with Crippen LogP contribution < -0.4 is 5.32 Å². The Hall–Kier alpha value is -1.17. The third kappa shape index (κ3) is 2.66. The molecule has 0 radical (unpaired) electrons. The Balaban J connectivity index is 1.60. The van der Waals surface area contributed by atoms with Crippen LogP contribution >= 0.6 is 11.3 Å². The maximum absolute atomic E-state index is 9.20. The molecule has 110 valence electrons. The van der Waals surface area contributed by atoms with Crippen LogP contribution in [0.25, 0.3) is 0 Å². The second kappa shape index (κ2) is 6.08. The van der Waals surface area contributed by atoms with Crippen LogP contribution in [0.4, 0.5) is 5.13 Å². The smallest absolute Gasteiger partial charge is 0.206 e. The molecule has 0 spiro atoms. The second-order valence-corrected chi connectivity index (χ2v) is 6.94. The standard InChI is InChI=1S/C14H22N4OS/c1-2-3-4-5-11-16-17-14(20-11)15-12-9-6-7-10(8-9)13(12)18-19/h9-10,12,19H,2-8H2,1H3,(H,15,17)/b18-13+/t9-,10+,12+/m1/s1. The van der Waals surface area contributed by atoms with Crippen molar-refractivity contribution in [3.63, 3.8) is 0 Å². The number of nitrogens with zero attached hydrogens (tertiary/aromatic N) is 3. The van der Waals surface area contributed by atoms with E-state index in [2.05, 4.69) is 27.6 Å². The predicted octanol–water partition coefficient (Wildman–Crippen LogP) is 3.31. The van der Waals surface area contributed by atoms with Crippen molar-refractivity contribution >= 4 is 22.2 Å². The zero-order chi connectivity index (χ0) is 13.9. The molecular weight excluding hydrogens is 272 g/mol. The van der Waals surface area contributed by atoms with E-state index in [4.69, 9.17) is 0 Å². The highest BCUT2D eigenvalue weighted by Gasteiger charge is 2.45. The van der Waals surface area contributed by atoms with E-state index in [1.807, 2.05) is 0 Å². The van der Waals surface area contributed by atoms with Crippen molar-refractivity contribution in [3.8, 4) is 0 Å². The maximum Gasteiger partial charge on any atom is 0.206 e. The Bertz CT molecular complexity index is 487. The number of unbranched alkanes of at least 4 members (excludes halogenated alkanes) is 2. The van der Waals surface area contributed by atoms with Crippen molar-refractivity contribution in [1.29, 1.82) is 0 Å². The van der Waals surface area contributed by atoms with Crippen molar-refractivity contribution in [2.24, 2.45) is 17.0 Å². The van der Waals surface area contributed by atoms with E-state index in [0.29, 0.717) is 11.8 Å². The number of rotatable bonds is 6. The van der Waals surface area contributed by atoms with Gasteiger partial charge in [-0.25, -0.2) is 0 Å². The van der Waals surface area contributed by atoms with Crippen LogP contribution in [-0.4, -0.2) is 27.2 Å². The monoisotopic (exact) mass is 294 g/mol. The molecule has 2 fully saturated rings. The van der Waals surface area contributed by atoms with Gasteiger partial charge in [-0.15, -0.1) is 10.2 Å². The number of fused-ring (bicyclic) bond motifs is 2. The van der Waals surface area contributed by atoms with Crippen molar-refractivity contribution in [2.45, 2.75) is 57.9 Å². The van der Waals surface area contributed by atoms with E-state index in [1.54, 1.807) is 11.3 Å². The van der Waals surface area contributed by atoms with Crippen LogP contribution in [0.15, 0.2) is 5.16 Å². The number of hydrogen-bond acceptors (Lipinski definition) is 6. The summed E-state index contributed by atoms with van der Waals surface area (Å²) in [5.41, 5.74) is 0.920. The van der Waals surface area contributed by atoms with Crippen molar-refractivity contribution in [1.82, 2.24) is 10.2 Å². The molecular formula is C14H22N4OS. The summed E-state index contributed by atoms with van der Waals surface area (Å²) >= 11 is 1.64. The Morgan fingerprint density at radius 2 is 2.25 bits per heavy atom. The lowest BCUT2D eigenvalue weighted by molar-refractivity contribution is 0.312. The quantitative estimate of drug-likeness (QED) is 0.480. The molecule has 1 aromatic heterocycles. The predicted molar refractivity (Wildman–Crippen MR) is 80.6 cm³/mol. The largest absolute Gasteiger partial charge is 0.411 e. The zero-order valence-electron chi connectivity index (χ0n) is 11.9. The van der Waals surface area contributed by atoms with Crippen molar-refractivity contribution < 1.29 is 5.21 Å². The second-order valence-electron chi connectivity index (χ2n) is 5.87. The molecule has 2 N–H and O–H groups in total. The van der Waals surface area contributed by atoms with Crippen LogP contribution in [-0.2, 0) is 6.42 Å². The fourth-order valence-corrected chi connectivity index (χ4v) is 4.31. The topological polar surface area (TPSA) is 70.4 Å². The Morgan fingerprint density at radius 3 is 3.05 bits per heavy atom. The number of aryl methyl sites for hydroxylation is 1. The zero-order valence-corrected chi connectivity index (χ0v) is 12.7. The molecule has 3 atom stereocenters. The maximum atomic E-state index is 9.20. The summed E-state index contributed by atoms with van der Waals surface area (Å²) in [6.07, 6.45) is 8.22. The van der Waals surface area contributed by atoms with Crippen LogP contribution in [0.1, 0.15) is 50.5 Å². The van der Waals surface area contributed by atoms with Gasteiger partial charge in [0.2, 0.25) is 5.13 Å². The van der Waals surface area contributed by atoms with Crippen molar-refractivity contribution in [2.75, 3.05) is 5.32 Å². The summed E-state index contributed by atoms with van der Waals surface area (Å²) in [6.45, 7) is 2.21. The number of nitrogens with one attached hydrogen (secondary N) is 1. The van der Waals surface area contributed by atoms with E-state index < -0.39 is 0 Å². The molecule has 3 rings (SSSR count). The number of oxime groups is 1. The van der Waals surface area contributed by atoms with Crippen LogP contribution in [0, 0.1) is 11.8 Å². The molecule has 2 aliphatic carbocycles. The molecule has 0 aromatic carbocycles. The fourth-order valence-electron chi connectivity index (χ4n) is 3.49. The SMILES string of the molecule is CCCCCc1nnc(N[C@@H]2/C(=N/O)[C@H]3CC[C@@H]2C3)s1. The van der Waals surface area contributed by atoms with Gasteiger partial charge in [0, 0.05) is 12.3 Å². The minimum atomic E-state index is 0.162. The lowest BCUT2D eigenvalue weighted by Gasteiger charge is -2.23. The molecule has 0 aliphatic heterocycles. The Kier molecular flexibility index (Phi) is 4.19.